The molecule has 0 spiro atoms. The fourth-order valence-corrected chi connectivity index (χ4v) is 2.40. The first-order chi connectivity index (χ1) is 9.19. The molecule has 0 saturated heterocycles. The van der Waals surface area contributed by atoms with E-state index in [4.69, 9.17) is 11.6 Å². The van der Waals surface area contributed by atoms with Gasteiger partial charge in [0, 0.05) is 17.6 Å². The lowest BCUT2D eigenvalue weighted by Gasteiger charge is -2.18. The van der Waals surface area contributed by atoms with E-state index >= 15 is 0 Å². The van der Waals surface area contributed by atoms with Gasteiger partial charge in [0.25, 0.3) is 0 Å². The number of hydrogen-bond acceptors (Lipinski definition) is 1. The average Bonchev–Trinajstić information content (AvgIpc) is 2.41. The van der Waals surface area contributed by atoms with Gasteiger partial charge in [0.2, 0.25) is 0 Å². The smallest absolute Gasteiger partial charge is 0.0409 e. The molecule has 19 heavy (non-hydrogen) atoms. The van der Waals surface area contributed by atoms with E-state index in [1.54, 1.807) is 0 Å². The summed E-state index contributed by atoms with van der Waals surface area (Å²) in [6, 6.07) is 17.1. The zero-order valence-electron chi connectivity index (χ0n) is 11.5. The van der Waals surface area contributed by atoms with Crippen LogP contribution in [-0.2, 0) is 6.54 Å². The summed E-state index contributed by atoms with van der Waals surface area (Å²) in [6.45, 7) is 5.16. The van der Waals surface area contributed by atoms with Crippen molar-refractivity contribution < 1.29 is 0 Å². The molecule has 2 aromatic carbocycles. The molecule has 2 aromatic rings. The Morgan fingerprint density at radius 3 is 2.47 bits per heavy atom. The molecular formula is C17H20ClN. The molecule has 0 amide bonds. The summed E-state index contributed by atoms with van der Waals surface area (Å²) in [4.78, 5) is 0. The Morgan fingerprint density at radius 1 is 1.11 bits per heavy atom. The fraction of sp³-hybridized carbons (Fsp3) is 0.294. The molecule has 0 fully saturated rings. The van der Waals surface area contributed by atoms with Gasteiger partial charge in [-0.3, -0.25) is 0 Å². The third-order valence-electron chi connectivity index (χ3n) is 3.33. The van der Waals surface area contributed by atoms with Gasteiger partial charge in [0.15, 0.2) is 0 Å². The average molecular weight is 274 g/mol. The van der Waals surface area contributed by atoms with Crippen molar-refractivity contribution in [3.63, 3.8) is 0 Å². The van der Waals surface area contributed by atoms with Gasteiger partial charge in [-0.1, -0.05) is 60.5 Å². The number of halogens is 1. The Labute approximate surface area is 120 Å². The van der Waals surface area contributed by atoms with Crippen LogP contribution in [0.2, 0.25) is 5.02 Å². The molecule has 1 N–H and O–H groups in total. The highest BCUT2D eigenvalue weighted by atomic mass is 35.5. The molecule has 1 atom stereocenters. The topological polar surface area (TPSA) is 12.0 Å². The minimum Gasteiger partial charge on any atom is -0.306 e. The van der Waals surface area contributed by atoms with Crippen LogP contribution in [0.25, 0.3) is 0 Å². The van der Waals surface area contributed by atoms with Crippen molar-refractivity contribution in [3.8, 4) is 0 Å². The SMILES string of the molecule is CCC(NCc1cccc(Cl)c1)c1ccc(C)cc1. The first kappa shape index (κ1) is 14.1. The minimum absolute atomic E-state index is 0.389. The molecule has 0 radical (unpaired) electrons. The maximum atomic E-state index is 6.00. The summed E-state index contributed by atoms with van der Waals surface area (Å²) >= 11 is 6.00. The second-order valence-electron chi connectivity index (χ2n) is 4.88. The third-order valence-corrected chi connectivity index (χ3v) is 3.56. The number of hydrogen-bond donors (Lipinski definition) is 1. The van der Waals surface area contributed by atoms with E-state index in [1.165, 1.54) is 16.7 Å². The van der Waals surface area contributed by atoms with E-state index in [1.807, 2.05) is 18.2 Å². The van der Waals surface area contributed by atoms with Gasteiger partial charge in [-0.25, -0.2) is 0 Å². The Kier molecular flexibility index (Phi) is 5.00. The van der Waals surface area contributed by atoms with Crippen molar-refractivity contribution in [3.05, 3.63) is 70.2 Å². The fourth-order valence-electron chi connectivity index (χ4n) is 2.18. The molecule has 0 saturated carbocycles. The van der Waals surface area contributed by atoms with Crippen LogP contribution in [0.15, 0.2) is 48.5 Å². The molecule has 0 aliphatic heterocycles. The lowest BCUT2D eigenvalue weighted by Crippen LogP contribution is -2.20. The van der Waals surface area contributed by atoms with E-state index in [-0.39, 0.29) is 0 Å². The van der Waals surface area contributed by atoms with E-state index < -0.39 is 0 Å². The standard InChI is InChI=1S/C17H20ClN/c1-3-17(15-9-7-13(2)8-10-15)19-12-14-5-4-6-16(18)11-14/h4-11,17,19H,3,12H2,1-2H3. The summed E-state index contributed by atoms with van der Waals surface area (Å²) < 4.78 is 0. The monoisotopic (exact) mass is 273 g/mol. The van der Waals surface area contributed by atoms with Gasteiger partial charge in [-0.05, 0) is 36.6 Å². The lowest BCUT2D eigenvalue weighted by molar-refractivity contribution is 0.519. The Morgan fingerprint density at radius 2 is 1.84 bits per heavy atom. The molecule has 100 valence electrons. The molecule has 0 bridgehead atoms. The Balaban J connectivity index is 2.01. The van der Waals surface area contributed by atoms with Crippen LogP contribution < -0.4 is 5.32 Å². The normalized spacial score (nSPS) is 12.4. The minimum atomic E-state index is 0.389. The summed E-state index contributed by atoms with van der Waals surface area (Å²) in [7, 11) is 0. The molecule has 1 nitrogen and oxygen atoms in total. The molecular weight excluding hydrogens is 254 g/mol. The van der Waals surface area contributed by atoms with Crippen molar-refractivity contribution >= 4 is 11.6 Å². The molecule has 0 heterocycles. The van der Waals surface area contributed by atoms with Crippen LogP contribution in [-0.4, -0.2) is 0 Å². The lowest BCUT2D eigenvalue weighted by atomic mass is 10.0. The second-order valence-corrected chi connectivity index (χ2v) is 5.32. The van der Waals surface area contributed by atoms with Crippen molar-refractivity contribution in [1.82, 2.24) is 5.32 Å². The molecule has 0 aromatic heterocycles. The first-order valence-corrected chi connectivity index (χ1v) is 7.11. The maximum absolute atomic E-state index is 6.00. The number of nitrogens with one attached hydrogen (secondary N) is 1. The zero-order valence-corrected chi connectivity index (χ0v) is 12.2. The Bertz CT molecular complexity index is 519. The zero-order chi connectivity index (χ0) is 13.7. The highest BCUT2D eigenvalue weighted by molar-refractivity contribution is 6.30. The molecule has 1 unspecified atom stereocenters. The first-order valence-electron chi connectivity index (χ1n) is 6.73. The Hall–Kier alpha value is -1.31. The predicted molar refractivity (Wildman–Crippen MR) is 82.5 cm³/mol. The highest BCUT2D eigenvalue weighted by Crippen LogP contribution is 2.18. The number of rotatable bonds is 5. The maximum Gasteiger partial charge on any atom is 0.0409 e. The quantitative estimate of drug-likeness (QED) is 0.818. The van der Waals surface area contributed by atoms with Crippen LogP contribution in [0.3, 0.4) is 0 Å². The van der Waals surface area contributed by atoms with Crippen molar-refractivity contribution in [2.24, 2.45) is 0 Å². The van der Waals surface area contributed by atoms with Gasteiger partial charge < -0.3 is 5.32 Å². The van der Waals surface area contributed by atoms with Crippen molar-refractivity contribution in [2.45, 2.75) is 32.9 Å². The van der Waals surface area contributed by atoms with Gasteiger partial charge in [-0.2, -0.15) is 0 Å². The molecule has 2 rings (SSSR count). The van der Waals surface area contributed by atoms with E-state index in [2.05, 4.69) is 49.5 Å². The summed E-state index contributed by atoms with van der Waals surface area (Å²) in [6.07, 6.45) is 1.07. The third kappa shape index (κ3) is 4.09. The van der Waals surface area contributed by atoms with Crippen LogP contribution in [0, 0.1) is 6.92 Å². The molecule has 0 aliphatic rings. The van der Waals surface area contributed by atoms with Gasteiger partial charge >= 0.3 is 0 Å². The summed E-state index contributed by atoms with van der Waals surface area (Å²) in [5, 5.41) is 4.38. The largest absolute Gasteiger partial charge is 0.306 e. The van der Waals surface area contributed by atoms with Crippen LogP contribution in [0.4, 0.5) is 0 Å². The van der Waals surface area contributed by atoms with Crippen LogP contribution in [0.5, 0.6) is 0 Å². The molecule has 0 aliphatic carbocycles. The van der Waals surface area contributed by atoms with E-state index in [0.29, 0.717) is 6.04 Å². The predicted octanol–water partition coefficient (Wildman–Crippen LogP) is 4.89. The van der Waals surface area contributed by atoms with Gasteiger partial charge in [0.05, 0.1) is 0 Å². The van der Waals surface area contributed by atoms with Gasteiger partial charge in [0.1, 0.15) is 0 Å². The van der Waals surface area contributed by atoms with E-state index in [0.717, 1.165) is 18.0 Å². The summed E-state index contributed by atoms with van der Waals surface area (Å²) in [5.74, 6) is 0. The summed E-state index contributed by atoms with van der Waals surface area (Å²) in [5.41, 5.74) is 3.86. The number of aryl methyl sites for hydroxylation is 1. The van der Waals surface area contributed by atoms with Crippen molar-refractivity contribution in [2.75, 3.05) is 0 Å². The second kappa shape index (κ2) is 6.74. The van der Waals surface area contributed by atoms with Crippen molar-refractivity contribution in [1.29, 1.82) is 0 Å². The van der Waals surface area contributed by atoms with Crippen LogP contribution in [0.1, 0.15) is 36.1 Å². The van der Waals surface area contributed by atoms with Gasteiger partial charge in [-0.15, -0.1) is 0 Å². The van der Waals surface area contributed by atoms with E-state index in [9.17, 15) is 0 Å². The van der Waals surface area contributed by atoms with Crippen LogP contribution >= 0.6 is 11.6 Å². The highest BCUT2D eigenvalue weighted by Gasteiger charge is 2.08. The molecule has 2 heteroatoms. The number of benzene rings is 2.